The largest absolute Gasteiger partial charge is 0.374 e. The van der Waals surface area contributed by atoms with Crippen LogP contribution < -0.4 is 5.32 Å². The van der Waals surface area contributed by atoms with Crippen molar-refractivity contribution in [3.63, 3.8) is 0 Å². The number of halogens is 1. The molecule has 2 aromatic carbocycles. The van der Waals surface area contributed by atoms with E-state index >= 15 is 0 Å². The molecule has 1 amide bonds. The maximum Gasteiger partial charge on any atom is 0.244 e. The fourth-order valence-corrected chi connectivity index (χ4v) is 2.39. The molecule has 0 radical (unpaired) electrons. The normalized spacial score (nSPS) is 11.8. The lowest BCUT2D eigenvalue weighted by molar-refractivity contribution is -0.130. The van der Waals surface area contributed by atoms with Crippen LogP contribution in [-0.2, 0) is 11.3 Å². The Balaban J connectivity index is 1.93. The molecule has 1 atom stereocenters. The maximum absolute atomic E-state index is 12.4. The summed E-state index contributed by atoms with van der Waals surface area (Å²) in [5, 5.41) is 3.22. The highest BCUT2D eigenvalue weighted by molar-refractivity contribution is 9.10. The number of nitrogens with zero attached hydrogens (tertiary/aromatic N) is 1. The van der Waals surface area contributed by atoms with Crippen LogP contribution in [0.15, 0.2) is 59.1 Å². The van der Waals surface area contributed by atoms with E-state index in [1.165, 1.54) is 0 Å². The third-order valence-corrected chi connectivity index (χ3v) is 3.77. The zero-order chi connectivity index (χ0) is 15.2. The van der Waals surface area contributed by atoms with Gasteiger partial charge in [0.2, 0.25) is 5.91 Å². The van der Waals surface area contributed by atoms with E-state index in [9.17, 15) is 4.79 Å². The predicted molar refractivity (Wildman–Crippen MR) is 90.1 cm³/mol. The summed E-state index contributed by atoms with van der Waals surface area (Å²) in [5.41, 5.74) is 2.07. The highest BCUT2D eigenvalue weighted by Gasteiger charge is 2.17. The van der Waals surface area contributed by atoms with E-state index in [0.717, 1.165) is 15.7 Å². The summed E-state index contributed by atoms with van der Waals surface area (Å²) in [4.78, 5) is 14.1. The quantitative estimate of drug-likeness (QED) is 0.890. The fourth-order valence-electron chi connectivity index (χ4n) is 2.12. The zero-order valence-electron chi connectivity index (χ0n) is 12.2. The lowest BCUT2D eigenvalue weighted by Crippen LogP contribution is -2.38. The van der Waals surface area contributed by atoms with Crippen molar-refractivity contribution in [1.82, 2.24) is 4.90 Å². The second-order valence-electron chi connectivity index (χ2n) is 5.05. The van der Waals surface area contributed by atoms with Crippen molar-refractivity contribution in [3.05, 3.63) is 64.6 Å². The van der Waals surface area contributed by atoms with Crippen LogP contribution in [0.25, 0.3) is 0 Å². The molecular weight excluding hydrogens is 328 g/mol. The molecular formula is C17H19BrN2O. The second kappa shape index (κ2) is 7.27. The summed E-state index contributed by atoms with van der Waals surface area (Å²) in [6, 6.07) is 17.5. The van der Waals surface area contributed by atoms with Gasteiger partial charge in [0, 0.05) is 23.8 Å². The Morgan fingerprint density at radius 1 is 1.14 bits per heavy atom. The Labute approximate surface area is 134 Å². The highest BCUT2D eigenvalue weighted by atomic mass is 79.9. The Hall–Kier alpha value is -1.81. The minimum atomic E-state index is -0.264. The van der Waals surface area contributed by atoms with Crippen molar-refractivity contribution in [1.29, 1.82) is 0 Å². The third kappa shape index (κ3) is 4.60. The van der Waals surface area contributed by atoms with E-state index in [2.05, 4.69) is 21.2 Å². The molecule has 0 aromatic heterocycles. The van der Waals surface area contributed by atoms with Crippen molar-refractivity contribution < 1.29 is 4.79 Å². The van der Waals surface area contributed by atoms with Gasteiger partial charge in [0.15, 0.2) is 0 Å². The van der Waals surface area contributed by atoms with Gasteiger partial charge in [-0.2, -0.15) is 0 Å². The first kappa shape index (κ1) is 15.6. The van der Waals surface area contributed by atoms with Crippen LogP contribution in [-0.4, -0.2) is 23.9 Å². The first-order valence-corrected chi connectivity index (χ1v) is 7.66. The van der Waals surface area contributed by atoms with Crippen molar-refractivity contribution in [2.45, 2.75) is 19.5 Å². The monoisotopic (exact) mass is 346 g/mol. The molecule has 0 aliphatic carbocycles. The molecule has 0 bridgehead atoms. The van der Waals surface area contributed by atoms with Gasteiger partial charge in [-0.3, -0.25) is 4.79 Å². The number of rotatable bonds is 5. The molecule has 1 unspecified atom stereocenters. The molecule has 3 nitrogen and oxygen atoms in total. The van der Waals surface area contributed by atoms with E-state index in [1.54, 1.807) is 4.90 Å². The van der Waals surface area contributed by atoms with Crippen LogP contribution in [0.3, 0.4) is 0 Å². The number of hydrogen-bond acceptors (Lipinski definition) is 2. The van der Waals surface area contributed by atoms with Gasteiger partial charge in [-0.15, -0.1) is 0 Å². The summed E-state index contributed by atoms with van der Waals surface area (Å²) in [7, 11) is 1.83. The summed E-state index contributed by atoms with van der Waals surface area (Å²) in [6.07, 6.45) is 0. The van der Waals surface area contributed by atoms with E-state index < -0.39 is 0 Å². The molecule has 0 heterocycles. The predicted octanol–water partition coefficient (Wildman–Crippen LogP) is 3.91. The Kier molecular flexibility index (Phi) is 5.39. The van der Waals surface area contributed by atoms with Gasteiger partial charge in [0.05, 0.1) is 0 Å². The molecule has 0 saturated carbocycles. The smallest absolute Gasteiger partial charge is 0.244 e. The average molecular weight is 347 g/mol. The van der Waals surface area contributed by atoms with Crippen LogP contribution in [0.1, 0.15) is 12.5 Å². The Morgan fingerprint density at radius 3 is 2.38 bits per heavy atom. The maximum atomic E-state index is 12.4. The Morgan fingerprint density at radius 2 is 1.76 bits per heavy atom. The first-order valence-electron chi connectivity index (χ1n) is 6.87. The number of amides is 1. The second-order valence-corrected chi connectivity index (χ2v) is 5.97. The number of carbonyl (C=O) groups excluding carboxylic acids is 1. The van der Waals surface area contributed by atoms with Gasteiger partial charge in [-0.05, 0) is 36.8 Å². The van der Waals surface area contributed by atoms with Crippen molar-refractivity contribution in [3.8, 4) is 0 Å². The molecule has 0 spiro atoms. The molecule has 21 heavy (non-hydrogen) atoms. The number of hydrogen-bond donors (Lipinski definition) is 1. The van der Waals surface area contributed by atoms with Gasteiger partial charge < -0.3 is 10.2 Å². The minimum Gasteiger partial charge on any atom is -0.374 e. The molecule has 0 aliphatic rings. The lowest BCUT2D eigenvalue weighted by atomic mass is 10.2. The van der Waals surface area contributed by atoms with E-state index in [1.807, 2.05) is 68.6 Å². The number of carbonyl (C=O) groups is 1. The number of anilines is 1. The summed E-state index contributed by atoms with van der Waals surface area (Å²) in [6.45, 7) is 2.50. The SMILES string of the molecule is CC(Nc1ccc(Br)cc1)C(=O)N(C)Cc1ccccc1. The van der Waals surface area contributed by atoms with Crippen LogP contribution in [0.2, 0.25) is 0 Å². The summed E-state index contributed by atoms with van der Waals surface area (Å²) < 4.78 is 1.02. The van der Waals surface area contributed by atoms with Gasteiger partial charge in [0.25, 0.3) is 0 Å². The molecule has 0 saturated heterocycles. The summed E-state index contributed by atoms with van der Waals surface area (Å²) in [5.74, 6) is 0.0711. The molecule has 0 aliphatic heterocycles. The first-order chi connectivity index (χ1) is 10.1. The van der Waals surface area contributed by atoms with E-state index in [-0.39, 0.29) is 11.9 Å². The van der Waals surface area contributed by atoms with Gasteiger partial charge >= 0.3 is 0 Å². The highest BCUT2D eigenvalue weighted by Crippen LogP contribution is 2.15. The number of nitrogens with one attached hydrogen (secondary N) is 1. The van der Waals surface area contributed by atoms with Crippen molar-refractivity contribution in [2.75, 3.05) is 12.4 Å². The van der Waals surface area contributed by atoms with Crippen LogP contribution >= 0.6 is 15.9 Å². The van der Waals surface area contributed by atoms with Crippen molar-refractivity contribution in [2.24, 2.45) is 0 Å². The molecule has 2 aromatic rings. The van der Waals surface area contributed by atoms with Gasteiger partial charge in [0.1, 0.15) is 6.04 Å². The number of likely N-dealkylation sites (N-methyl/N-ethyl adjacent to an activating group) is 1. The molecule has 110 valence electrons. The average Bonchev–Trinajstić information content (AvgIpc) is 2.49. The standard InChI is InChI=1S/C17H19BrN2O/c1-13(19-16-10-8-15(18)9-11-16)17(21)20(2)12-14-6-4-3-5-7-14/h3-11,13,19H,12H2,1-2H3. The van der Waals surface area contributed by atoms with Gasteiger partial charge in [-0.1, -0.05) is 46.3 Å². The van der Waals surface area contributed by atoms with Crippen molar-refractivity contribution >= 4 is 27.5 Å². The van der Waals surface area contributed by atoms with E-state index in [0.29, 0.717) is 6.54 Å². The third-order valence-electron chi connectivity index (χ3n) is 3.24. The molecule has 1 N–H and O–H groups in total. The Bertz CT molecular complexity index is 583. The fraction of sp³-hybridized carbons (Fsp3) is 0.235. The lowest BCUT2D eigenvalue weighted by Gasteiger charge is -2.23. The topological polar surface area (TPSA) is 32.3 Å². The van der Waals surface area contributed by atoms with E-state index in [4.69, 9.17) is 0 Å². The zero-order valence-corrected chi connectivity index (χ0v) is 13.8. The molecule has 4 heteroatoms. The van der Waals surface area contributed by atoms with Crippen LogP contribution in [0.4, 0.5) is 5.69 Å². The van der Waals surface area contributed by atoms with Gasteiger partial charge in [-0.25, -0.2) is 0 Å². The molecule has 0 fully saturated rings. The molecule has 2 rings (SSSR count). The van der Waals surface area contributed by atoms with Crippen LogP contribution in [0, 0.1) is 0 Å². The minimum absolute atomic E-state index is 0.0711. The van der Waals surface area contributed by atoms with Crippen LogP contribution in [0.5, 0.6) is 0 Å². The summed E-state index contributed by atoms with van der Waals surface area (Å²) >= 11 is 3.40. The number of benzene rings is 2.